The Balaban J connectivity index is 1.58. The number of nitrogens with two attached hydrogens (primary N) is 1. The van der Waals surface area contributed by atoms with Crippen LogP contribution < -0.4 is 11.1 Å². The van der Waals surface area contributed by atoms with Crippen LogP contribution in [0.4, 0.5) is 5.00 Å². The summed E-state index contributed by atoms with van der Waals surface area (Å²) in [6.45, 7) is 1.07. The van der Waals surface area contributed by atoms with Crippen LogP contribution in [0.15, 0.2) is 39.7 Å². The number of hydrogen-bond donors (Lipinski definition) is 2. The molecule has 8 nitrogen and oxygen atoms in total. The molecular weight excluding hydrogens is 432 g/mol. The average molecular weight is 455 g/mol. The molecule has 0 bridgehead atoms. The first kappa shape index (κ1) is 21.8. The zero-order valence-corrected chi connectivity index (χ0v) is 18.1. The Morgan fingerprint density at radius 1 is 1.17 bits per heavy atom. The maximum Gasteiger partial charge on any atom is 0.251 e. The molecule has 1 aliphatic heterocycles. The van der Waals surface area contributed by atoms with Crippen molar-refractivity contribution in [2.45, 2.75) is 35.6 Å². The molecule has 2 aromatic rings. The summed E-state index contributed by atoms with van der Waals surface area (Å²) in [4.78, 5) is 27.8. The zero-order chi connectivity index (χ0) is 20.9. The fourth-order valence-corrected chi connectivity index (χ4v) is 5.85. The molecule has 0 spiro atoms. The van der Waals surface area contributed by atoms with E-state index in [1.807, 2.05) is 0 Å². The van der Waals surface area contributed by atoms with E-state index in [-0.39, 0.29) is 22.1 Å². The highest BCUT2D eigenvalue weighted by Gasteiger charge is 2.25. The summed E-state index contributed by atoms with van der Waals surface area (Å²) >= 11 is 2.40. The number of pyridine rings is 1. The third-order valence-electron chi connectivity index (χ3n) is 4.45. The number of sulfonamides is 1. The van der Waals surface area contributed by atoms with Crippen LogP contribution in [0.25, 0.3) is 0 Å². The molecule has 0 radical (unpaired) electrons. The van der Waals surface area contributed by atoms with Gasteiger partial charge in [0, 0.05) is 19.3 Å². The minimum Gasteiger partial charge on any atom is -0.366 e. The van der Waals surface area contributed by atoms with Crippen molar-refractivity contribution >= 4 is 49.9 Å². The topological polar surface area (TPSA) is 122 Å². The Labute approximate surface area is 177 Å². The van der Waals surface area contributed by atoms with E-state index in [9.17, 15) is 18.0 Å². The van der Waals surface area contributed by atoms with E-state index < -0.39 is 15.9 Å². The van der Waals surface area contributed by atoms with Gasteiger partial charge in [0.1, 0.15) is 9.90 Å². The van der Waals surface area contributed by atoms with E-state index in [0.717, 1.165) is 25.7 Å². The maximum absolute atomic E-state index is 12.8. The van der Waals surface area contributed by atoms with Crippen LogP contribution in [0.5, 0.6) is 0 Å². The summed E-state index contributed by atoms with van der Waals surface area (Å²) in [6, 6.07) is 4.68. The molecule has 29 heavy (non-hydrogen) atoms. The lowest BCUT2D eigenvalue weighted by Crippen LogP contribution is -2.32. The monoisotopic (exact) mass is 454 g/mol. The number of thiophene rings is 1. The van der Waals surface area contributed by atoms with E-state index in [1.165, 1.54) is 39.7 Å². The molecule has 0 atom stereocenters. The highest BCUT2D eigenvalue weighted by atomic mass is 32.2. The normalized spacial score (nSPS) is 15.6. The quantitative estimate of drug-likeness (QED) is 0.620. The summed E-state index contributed by atoms with van der Waals surface area (Å²) in [5.41, 5.74) is 5.53. The van der Waals surface area contributed by atoms with Gasteiger partial charge < -0.3 is 11.1 Å². The molecule has 2 amide bonds. The molecule has 156 valence electrons. The Hall–Kier alpha value is -1.95. The number of nitrogens with one attached hydrogen (secondary N) is 1. The van der Waals surface area contributed by atoms with E-state index >= 15 is 0 Å². The summed E-state index contributed by atoms with van der Waals surface area (Å²) in [7, 11) is -3.54. The predicted octanol–water partition coefficient (Wildman–Crippen LogP) is 2.54. The van der Waals surface area contributed by atoms with E-state index in [2.05, 4.69) is 10.3 Å². The summed E-state index contributed by atoms with van der Waals surface area (Å²) in [5, 5.41) is 5.28. The number of thioether (sulfide) groups is 1. The van der Waals surface area contributed by atoms with Crippen molar-refractivity contribution in [1.29, 1.82) is 0 Å². The number of primary amides is 1. The van der Waals surface area contributed by atoms with Gasteiger partial charge in [-0.25, -0.2) is 13.4 Å². The summed E-state index contributed by atoms with van der Waals surface area (Å²) in [6.07, 6.45) is 5.18. The Morgan fingerprint density at radius 2 is 1.90 bits per heavy atom. The van der Waals surface area contributed by atoms with Gasteiger partial charge in [-0.2, -0.15) is 4.31 Å². The van der Waals surface area contributed by atoms with Gasteiger partial charge in [0.15, 0.2) is 0 Å². The highest BCUT2D eigenvalue weighted by molar-refractivity contribution is 7.99. The largest absolute Gasteiger partial charge is 0.366 e. The number of carbonyl (C=O) groups is 2. The van der Waals surface area contributed by atoms with Crippen LogP contribution in [0.2, 0.25) is 0 Å². The third-order valence-corrected chi connectivity index (χ3v) is 8.10. The second-order valence-electron chi connectivity index (χ2n) is 6.51. The van der Waals surface area contributed by atoms with Crippen molar-refractivity contribution in [3.63, 3.8) is 0 Å². The van der Waals surface area contributed by atoms with Gasteiger partial charge in [-0.15, -0.1) is 11.3 Å². The number of hydrogen-bond acceptors (Lipinski definition) is 7. The molecular formula is C18H22N4O4S3. The maximum atomic E-state index is 12.8. The predicted molar refractivity (Wildman–Crippen MR) is 114 cm³/mol. The Kier molecular flexibility index (Phi) is 7.28. The van der Waals surface area contributed by atoms with Crippen LogP contribution in [-0.2, 0) is 14.8 Å². The zero-order valence-electron chi connectivity index (χ0n) is 15.7. The molecule has 0 saturated carbocycles. The second kappa shape index (κ2) is 9.70. The van der Waals surface area contributed by atoms with E-state index in [1.54, 1.807) is 17.5 Å². The molecule has 0 aliphatic carbocycles. The van der Waals surface area contributed by atoms with Crippen LogP contribution in [0.3, 0.4) is 0 Å². The minimum absolute atomic E-state index is 0.0708. The first-order valence-corrected chi connectivity index (χ1v) is 12.4. The van der Waals surface area contributed by atoms with Crippen molar-refractivity contribution in [2.75, 3.05) is 24.2 Å². The van der Waals surface area contributed by atoms with E-state index in [0.29, 0.717) is 23.1 Å². The molecule has 0 aromatic carbocycles. The molecule has 1 fully saturated rings. The van der Waals surface area contributed by atoms with Crippen molar-refractivity contribution < 1.29 is 18.0 Å². The molecule has 0 unspecified atom stereocenters. The first-order valence-electron chi connectivity index (χ1n) is 9.14. The SMILES string of the molecule is NC(=O)c1ccsc1NC(=O)CSc1ccc(S(=O)(=O)N2CCCCCC2)cn1. The van der Waals surface area contributed by atoms with Gasteiger partial charge >= 0.3 is 0 Å². The number of aromatic nitrogens is 1. The second-order valence-corrected chi connectivity index (χ2v) is 10.4. The van der Waals surface area contributed by atoms with Crippen molar-refractivity contribution in [1.82, 2.24) is 9.29 Å². The highest BCUT2D eigenvalue weighted by Crippen LogP contribution is 2.25. The molecule has 11 heteroatoms. The lowest BCUT2D eigenvalue weighted by molar-refractivity contribution is -0.113. The molecule has 3 N–H and O–H groups in total. The average Bonchev–Trinajstić information content (AvgIpc) is 2.98. The standard InChI is InChI=1S/C18H22N4O4S3/c19-17(24)14-7-10-27-18(14)21-15(23)12-28-16-6-5-13(11-20-16)29(25,26)22-8-3-1-2-4-9-22/h5-7,10-11H,1-4,8-9,12H2,(H2,19,24)(H,21,23). The molecule has 2 aromatic heterocycles. The lowest BCUT2D eigenvalue weighted by atomic mass is 10.2. The minimum atomic E-state index is -3.54. The smallest absolute Gasteiger partial charge is 0.251 e. The van der Waals surface area contributed by atoms with Crippen LogP contribution >= 0.6 is 23.1 Å². The van der Waals surface area contributed by atoms with Gasteiger partial charge in [0.05, 0.1) is 16.3 Å². The van der Waals surface area contributed by atoms with Gasteiger partial charge in [-0.1, -0.05) is 24.6 Å². The number of carbonyl (C=O) groups excluding carboxylic acids is 2. The number of anilines is 1. The van der Waals surface area contributed by atoms with Crippen molar-refractivity contribution in [3.05, 3.63) is 35.3 Å². The van der Waals surface area contributed by atoms with E-state index in [4.69, 9.17) is 5.73 Å². The number of amides is 2. The number of rotatable bonds is 7. The molecule has 3 rings (SSSR count). The molecule has 1 saturated heterocycles. The van der Waals surface area contributed by atoms with Crippen LogP contribution in [0.1, 0.15) is 36.0 Å². The molecule has 3 heterocycles. The van der Waals surface area contributed by atoms with Crippen LogP contribution in [-0.4, -0.2) is 48.4 Å². The summed E-state index contributed by atoms with van der Waals surface area (Å²) < 4.78 is 27.0. The van der Waals surface area contributed by atoms with Crippen LogP contribution in [0, 0.1) is 0 Å². The Bertz CT molecular complexity index is 965. The Morgan fingerprint density at radius 3 is 2.52 bits per heavy atom. The van der Waals surface area contributed by atoms with Gasteiger partial charge in [0.25, 0.3) is 5.91 Å². The van der Waals surface area contributed by atoms with Crippen molar-refractivity contribution in [2.24, 2.45) is 5.73 Å². The van der Waals surface area contributed by atoms with Gasteiger partial charge in [0.2, 0.25) is 15.9 Å². The lowest BCUT2D eigenvalue weighted by Gasteiger charge is -2.19. The number of nitrogens with zero attached hydrogens (tertiary/aromatic N) is 2. The third kappa shape index (κ3) is 5.56. The van der Waals surface area contributed by atoms with Gasteiger partial charge in [-0.05, 0) is 36.4 Å². The van der Waals surface area contributed by atoms with Crippen molar-refractivity contribution in [3.8, 4) is 0 Å². The first-order chi connectivity index (χ1) is 13.9. The van der Waals surface area contributed by atoms with Gasteiger partial charge in [-0.3, -0.25) is 9.59 Å². The molecule has 1 aliphatic rings. The summed E-state index contributed by atoms with van der Waals surface area (Å²) in [5.74, 6) is -0.832. The fraction of sp³-hybridized carbons (Fsp3) is 0.389. The fourth-order valence-electron chi connectivity index (χ4n) is 2.94.